The van der Waals surface area contributed by atoms with E-state index in [1.807, 2.05) is 0 Å². The molecule has 0 N–H and O–H groups in total. The summed E-state index contributed by atoms with van der Waals surface area (Å²) in [5.74, 6) is -0.963. The van der Waals surface area contributed by atoms with E-state index in [2.05, 4.69) is 11.7 Å². The van der Waals surface area contributed by atoms with Gasteiger partial charge in [-0.3, -0.25) is 4.79 Å². The molecule has 0 aromatic rings. The Hall–Kier alpha value is -0.172. The molecule has 0 aromatic heterocycles. The number of rotatable bonds is 1. The second-order valence-corrected chi connectivity index (χ2v) is 0.594. The Morgan fingerprint density at radius 3 is 1.89 bits per heavy atom. The maximum Gasteiger partial charge on any atom is 2.00 e. The zero-order chi connectivity index (χ0) is 6.99. The minimum absolute atomic E-state index is 0. The van der Waals surface area contributed by atoms with Crippen LogP contribution in [0.15, 0.2) is 0 Å². The van der Waals surface area contributed by atoms with E-state index in [0.29, 0.717) is 0 Å². The number of hydrogen-bond donors (Lipinski definition) is 0. The van der Waals surface area contributed by atoms with Gasteiger partial charge < -0.3 is 16.5 Å². The molecule has 0 fully saturated rings. The van der Waals surface area contributed by atoms with Crippen molar-refractivity contribution in [1.82, 2.24) is 0 Å². The van der Waals surface area contributed by atoms with Crippen molar-refractivity contribution in [2.24, 2.45) is 0 Å². The van der Waals surface area contributed by atoms with Gasteiger partial charge in [-0.15, -0.1) is 0 Å². The molecular formula is C5H8O3W. The van der Waals surface area contributed by atoms with Gasteiger partial charge >= 0.3 is 21.1 Å². The van der Waals surface area contributed by atoms with E-state index in [4.69, 9.17) is 4.79 Å². The van der Waals surface area contributed by atoms with Crippen LogP contribution in [0.1, 0.15) is 6.92 Å². The summed E-state index contributed by atoms with van der Waals surface area (Å²) in [6, 6.07) is 0. The van der Waals surface area contributed by atoms with Gasteiger partial charge in [0.1, 0.15) is 0 Å². The molecular weight excluding hydrogens is 292 g/mol. The van der Waals surface area contributed by atoms with Crippen LogP contribution in [-0.2, 0) is 35.4 Å². The molecule has 0 rings (SSSR count). The molecule has 0 unspecified atom stereocenters. The first kappa shape index (κ1) is 15.9. The Labute approximate surface area is 69.0 Å². The topological polar surface area (TPSA) is 43.4 Å². The zero-order valence-corrected chi connectivity index (χ0v) is 8.27. The molecule has 0 aliphatic heterocycles. The van der Waals surface area contributed by atoms with Crippen molar-refractivity contribution in [3.8, 4) is 0 Å². The Morgan fingerprint density at radius 2 is 1.89 bits per heavy atom. The van der Waals surface area contributed by atoms with E-state index in [1.165, 1.54) is 0 Å². The normalized spacial score (nSPS) is 5.22. The van der Waals surface area contributed by atoms with Crippen LogP contribution in [0.25, 0.3) is 0 Å². The zero-order valence-electron chi connectivity index (χ0n) is 5.34. The monoisotopic (exact) mass is 300 g/mol. The third kappa shape index (κ3) is 18.1. The summed E-state index contributed by atoms with van der Waals surface area (Å²) in [5.41, 5.74) is 0. The standard InChI is InChI=1S/C3H3O3.C2H5.W/c1-6-3(5)2-4;1-2;/h1H3;1H2,2H3;/q2*-1;+2. The molecule has 0 spiro atoms. The molecule has 0 aliphatic rings. The SMILES string of the molecule is COC(=O)[C-]=O.[CH2-]C.[W+2]. The summed E-state index contributed by atoms with van der Waals surface area (Å²) in [4.78, 5) is 18.7. The van der Waals surface area contributed by atoms with Crippen LogP contribution in [0.4, 0.5) is 0 Å². The molecule has 0 atom stereocenters. The van der Waals surface area contributed by atoms with E-state index in [9.17, 15) is 4.79 Å². The molecule has 52 valence electrons. The summed E-state index contributed by atoms with van der Waals surface area (Å²) >= 11 is 0. The molecule has 0 aliphatic carbocycles. The smallest absolute Gasteiger partial charge is 0.531 e. The van der Waals surface area contributed by atoms with Crippen molar-refractivity contribution in [3.05, 3.63) is 6.92 Å². The third-order valence-corrected chi connectivity index (χ3v) is 0.269. The predicted octanol–water partition coefficient (Wildman–Crippen LogP) is 0.107. The first-order valence-corrected chi connectivity index (χ1v) is 1.98. The number of ether oxygens (including phenoxy) is 1. The van der Waals surface area contributed by atoms with Gasteiger partial charge in [-0.25, -0.2) is 0 Å². The van der Waals surface area contributed by atoms with Crippen LogP contribution < -0.4 is 0 Å². The average molecular weight is 300 g/mol. The van der Waals surface area contributed by atoms with Gasteiger partial charge in [0.2, 0.25) is 0 Å². The minimum atomic E-state index is -0.963. The molecule has 3 nitrogen and oxygen atoms in total. The second kappa shape index (κ2) is 15.7. The van der Waals surface area contributed by atoms with Gasteiger partial charge in [-0.05, 0) is 0 Å². The summed E-state index contributed by atoms with van der Waals surface area (Å²) in [7, 11) is 1.12. The molecule has 0 saturated carbocycles. The predicted molar refractivity (Wildman–Crippen MR) is 28.7 cm³/mol. The molecule has 4 heteroatoms. The maximum atomic E-state index is 9.53. The molecule has 9 heavy (non-hydrogen) atoms. The average Bonchev–Trinajstić information content (AvgIpc) is 1.91. The molecule has 0 radical (unpaired) electrons. The Bertz CT molecular complexity index is 72.6. The fraction of sp³-hybridized carbons (Fsp3) is 0.400. The van der Waals surface area contributed by atoms with Crippen molar-refractivity contribution in [3.63, 3.8) is 0 Å². The van der Waals surface area contributed by atoms with Crippen LogP contribution in [0, 0.1) is 6.92 Å². The van der Waals surface area contributed by atoms with Crippen LogP contribution in [0.2, 0.25) is 0 Å². The van der Waals surface area contributed by atoms with Gasteiger partial charge in [0.25, 0.3) is 0 Å². The fourth-order valence-corrected chi connectivity index (χ4v) is 0.0417. The Balaban J connectivity index is -0.000000109. The molecule has 0 bridgehead atoms. The summed E-state index contributed by atoms with van der Waals surface area (Å²) in [6.07, 6.45) is 1.00. The number of carbonyl (C=O) groups excluding carboxylic acids is 2. The van der Waals surface area contributed by atoms with E-state index in [1.54, 1.807) is 6.92 Å². The molecule has 0 heterocycles. The quantitative estimate of drug-likeness (QED) is 0.392. The van der Waals surface area contributed by atoms with E-state index in [-0.39, 0.29) is 21.1 Å². The van der Waals surface area contributed by atoms with Gasteiger partial charge in [-0.2, -0.15) is 13.2 Å². The Kier molecular flexibility index (Phi) is 27.7. The van der Waals surface area contributed by atoms with Gasteiger partial charge in [0.15, 0.2) is 5.97 Å². The molecule has 0 saturated heterocycles. The second-order valence-electron chi connectivity index (χ2n) is 0.594. The minimum Gasteiger partial charge on any atom is -0.531 e. The van der Waals surface area contributed by atoms with Gasteiger partial charge in [0, 0.05) is 0 Å². The number of carbonyl (C=O) groups is 1. The van der Waals surface area contributed by atoms with E-state index < -0.39 is 5.97 Å². The third-order valence-electron chi connectivity index (χ3n) is 0.269. The number of hydrogen-bond acceptors (Lipinski definition) is 3. The van der Waals surface area contributed by atoms with Crippen LogP contribution in [0.5, 0.6) is 0 Å². The van der Waals surface area contributed by atoms with Gasteiger partial charge in [-0.1, -0.05) is 0 Å². The largest absolute Gasteiger partial charge is 2.00 e. The van der Waals surface area contributed by atoms with Crippen LogP contribution >= 0.6 is 0 Å². The van der Waals surface area contributed by atoms with Crippen molar-refractivity contribution in [2.45, 2.75) is 6.92 Å². The van der Waals surface area contributed by atoms with E-state index >= 15 is 0 Å². The Morgan fingerprint density at radius 1 is 1.56 bits per heavy atom. The van der Waals surface area contributed by atoms with Crippen LogP contribution in [0.3, 0.4) is 0 Å². The first-order chi connectivity index (χ1) is 3.81. The first-order valence-electron chi connectivity index (χ1n) is 1.98. The summed E-state index contributed by atoms with van der Waals surface area (Å²) in [5, 5.41) is 0. The van der Waals surface area contributed by atoms with Crippen molar-refractivity contribution >= 4 is 12.3 Å². The number of esters is 1. The molecule has 0 aromatic carbocycles. The summed E-state index contributed by atoms with van der Waals surface area (Å²) in [6.45, 7) is 5.00. The van der Waals surface area contributed by atoms with Gasteiger partial charge in [0.05, 0.1) is 7.11 Å². The van der Waals surface area contributed by atoms with E-state index in [0.717, 1.165) is 13.4 Å². The van der Waals surface area contributed by atoms with Crippen molar-refractivity contribution < 1.29 is 35.4 Å². The fourth-order valence-electron chi connectivity index (χ4n) is 0.0417. The van der Waals surface area contributed by atoms with Crippen LogP contribution in [-0.4, -0.2) is 19.4 Å². The van der Waals surface area contributed by atoms with Crippen molar-refractivity contribution in [2.75, 3.05) is 7.11 Å². The summed E-state index contributed by atoms with van der Waals surface area (Å²) < 4.78 is 3.84. The number of methoxy groups -OCH3 is 1. The maximum absolute atomic E-state index is 9.53. The van der Waals surface area contributed by atoms with Crippen molar-refractivity contribution in [1.29, 1.82) is 0 Å². The molecule has 0 amide bonds.